The average Bonchev–Trinajstić information content (AvgIpc) is 2.09. The average molecular weight is 180 g/mol. The van der Waals surface area contributed by atoms with Gasteiger partial charge in [-0.15, -0.1) is 0 Å². The summed E-state index contributed by atoms with van der Waals surface area (Å²) >= 11 is 0. The third kappa shape index (κ3) is 1.69. The van der Waals surface area contributed by atoms with Crippen LogP contribution in [0.25, 0.3) is 0 Å². The fraction of sp³-hybridized carbons (Fsp3) is 0.300. The maximum absolute atomic E-state index is 13.5. The van der Waals surface area contributed by atoms with Gasteiger partial charge in [0.15, 0.2) is 0 Å². The largest absolute Gasteiger partial charge is 0.396 e. The van der Waals surface area contributed by atoms with Crippen LogP contribution >= 0.6 is 0 Å². The zero-order chi connectivity index (χ0) is 10.0. The first-order valence-corrected chi connectivity index (χ1v) is 4.16. The van der Waals surface area contributed by atoms with E-state index < -0.39 is 5.82 Å². The highest BCUT2D eigenvalue weighted by Gasteiger charge is 2.11. The molecule has 13 heavy (non-hydrogen) atoms. The molecule has 3 N–H and O–H groups in total. The lowest BCUT2D eigenvalue weighted by Crippen LogP contribution is -2.02. The summed E-state index contributed by atoms with van der Waals surface area (Å²) in [7, 11) is 0. The van der Waals surface area contributed by atoms with E-state index in [1.807, 2.05) is 13.8 Å². The molecule has 0 fully saturated rings. The van der Waals surface area contributed by atoms with E-state index in [1.165, 1.54) is 0 Å². The summed E-state index contributed by atoms with van der Waals surface area (Å²) in [4.78, 5) is 0. The SMILES string of the molecule is CC(C)c1ccc(C=N)c(N)c1F. The Morgan fingerprint density at radius 1 is 1.46 bits per heavy atom. The van der Waals surface area contributed by atoms with Crippen LogP contribution in [0.2, 0.25) is 0 Å². The van der Waals surface area contributed by atoms with E-state index in [1.54, 1.807) is 12.1 Å². The van der Waals surface area contributed by atoms with Gasteiger partial charge in [-0.3, -0.25) is 0 Å². The minimum Gasteiger partial charge on any atom is -0.396 e. The van der Waals surface area contributed by atoms with Crippen molar-refractivity contribution < 1.29 is 4.39 Å². The van der Waals surface area contributed by atoms with Gasteiger partial charge in [-0.2, -0.15) is 0 Å². The third-order valence-corrected chi connectivity index (χ3v) is 2.02. The first-order chi connectivity index (χ1) is 6.07. The predicted molar refractivity (Wildman–Crippen MR) is 52.8 cm³/mol. The highest BCUT2D eigenvalue weighted by atomic mass is 19.1. The minimum atomic E-state index is -0.393. The molecule has 0 radical (unpaired) electrons. The number of nitrogens with one attached hydrogen (secondary N) is 1. The second-order valence-electron chi connectivity index (χ2n) is 3.27. The molecule has 0 saturated heterocycles. The molecular formula is C10H13FN2. The van der Waals surface area contributed by atoms with Crippen molar-refractivity contribution in [3.05, 3.63) is 29.1 Å². The molecule has 0 saturated carbocycles. The van der Waals surface area contributed by atoms with Crippen molar-refractivity contribution >= 4 is 11.9 Å². The minimum absolute atomic E-state index is 0.0706. The van der Waals surface area contributed by atoms with Gasteiger partial charge in [-0.1, -0.05) is 26.0 Å². The van der Waals surface area contributed by atoms with Crippen LogP contribution in [0.1, 0.15) is 30.9 Å². The Labute approximate surface area is 77.1 Å². The Morgan fingerprint density at radius 3 is 2.54 bits per heavy atom. The summed E-state index contributed by atoms with van der Waals surface area (Å²) in [6.07, 6.45) is 1.06. The van der Waals surface area contributed by atoms with Gasteiger partial charge in [-0.05, 0) is 11.5 Å². The van der Waals surface area contributed by atoms with Gasteiger partial charge in [0.2, 0.25) is 0 Å². The predicted octanol–water partition coefficient (Wildman–Crippen LogP) is 2.53. The molecule has 1 aromatic carbocycles. The highest BCUT2D eigenvalue weighted by molar-refractivity contribution is 5.85. The van der Waals surface area contributed by atoms with Gasteiger partial charge in [0, 0.05) is 11.8 Å². The first-order valence-electron chi connectivity index (χ1n) is 4.16. The number of nitrogen functional groups attached to an aromatic ring is 1. The first kappa shape index (κ1) is 9.71. The van der Waals surface area contributed by atoms with Gasteiger partial charge >= 0.3 is 0 Å². The van der Waals surface area contributed by atoms with Crippen LogP contribution in [0, 0.1) is 11.2 Å². The third-order valence-electron chi connectivity index (χ3n) is 2.02. The molecule has 0 spiro atoms. The van der Waals surface area contributed by atoms with Crippen LogP contribution < -0.4 is 5.73 Å². The second kappa shape index (κ2) is 3.56. The van der Waals surface area contributed by atoms with E-state index in [4.69, 9.17) is 11.1 Å². The number of hydrogen-bond donors (Lipinski definition) is 2. The van der Waals surface area contributed by atoms with E-state index in [-0.39, 0.29) is 11.6 Å². The van der Waals surface area contributed by atoms with Crippen molar-refractivity contribution in [3.63, 3.8) is 0 Å². The molecule has 0 aromatic heterocycles. The van der Waals surface area contributed by atoms with Crippen molar-refractivity contribution in [3.8, 4) is 0 Å². The summed E-state index contributed by atoms with van der Waals surface area (Å²) < 4.78 is 13.5. The topological polar surface area (TPSA) is 49.9 Å². The van der Waals surface area contributed by atoms with E-state index >= 15 is 0 Å². The highest BCUT2D eigenvalue weighted by Crippen LogP contribution is 2.24. The zero-order valence-corrected chi connectivity index (χ0v) is 7.76. The van der Waals surface area contributed by atoms with Gasteiger partial charge in [0.05, 0.1) is 5.69 Å². The van der Waals surface area contributed by atoms with E-state index in [9.17, 15) is 4.39 Å². The van der Waals surface area contributed by atoms with Crippen molar-refractivity contribution in [1.82, 2.24) is 0 Å². The molecule has 0 unspecified atom stereocenters. The van der Waals surface area contributed by atoms with Gasteiger partial charge in [-0.25, -0.2) is 4.39 Å². The number of nitrogens with two attached hydrogens (primary N) is 1. The molecule has 1 rings (SSSR count). The van der Waals surface area contributed by atoms with E-state index in [0.717, 1.165) is 6.21 Å². The second-order valence-corrected chi connectivity index (χ2v) is 3.27. The molecule has 0 bridgehead atoms. The van der Waals surface area contributed by atoms with Crippen molar-refractivity contribution in [2.24, 2.45) is 0 Å². The number of anilines is 1. The molecule has 0 aliphatic rings. The fourth-order valence-corrected chi connectivity index (χ4v) is 1.20. The lowest BCUT2D eigenvalue weighted by atomic mass is 10.00. The zero-order valence-electron chi connectivity index (χ0n) is 7.76. The molecule has 0 aliphatic heterocycles. The van der Waals surface area contributed by atoms with Crippen molar-refractivity contribution in [1.29, 1.82) is 5.41 Å². The van der Waals surface area contributed by atoms with Crippen LogP contribution in [-0.2, 0) is 0 Å². The Balaban J connectivity index is 3.31. The molecular weight excluding hydrogens is 167 g/mol. The normalized spacial score (nSPS) is 10.5. The molecule has 0 aliphatic carbocycles. The standard InChI is InChI=1S/C10H13FN2/c1-6(2)8-4-3-7(5-12)10(13)9(8)11/h3-6,12H,13H2,1-2H3. The Hall–Kier alpha value is -1.38. The van der Waals surface area contributed by atoms with Crippen LogP contribution in [0.5, 0.6) is 0 Å². The lowest BCUT2D eigenvalue weighted by Gasteiger charge is -2.10. The lowest BCUT2D eigenvalue weighted by molar-refractivity contribution is 0.603. The molecule has 0 atom stereocenters. The van der Waals surface area contributed by atoms with Crippen LogP contribution in [0.3, 0.4) is 0 Å². The van der Waals surface area contributed by atoms with E-state index in [2.05, 4.69) is 0 Å². The Bertz CT molecular complexity index is 332. The molecule has 1 aromatic rings. The Kier molecular flexibility index (Phi) is 2.66. The molecule has 70 valence electrons. The quantitative estimate of drug-likeness (QED) is 0.533. The summed E-state index contributed by atoms with van der Waals surface area (Å²) in [5, 5.41) is 6.99. The van der Waals surface area contributed by atoms with Crippen LogP contribution in [0.4, 0.5) is 10.1 Å². The number of halogens is 1. The fourth-order valence-electron chi connectivity index (χ4n) is 1.20. The number of hydrogen-bond acceptors (Lipinski definition) is 2. The molecule has 2 nitrogen and oxygen atoms in total. The summed E-state index contributed by atoms with van der Waals surface area (Å²) in [5.74, 6) is -0.280. The monoisotopic (exact) mass is 180 g/mol. The summed E-state index contributed by atoms with van der Waals surface area (Å²) in [6, 6.07) is 3.34. The van der Waals surface area contributed by atoms with Crippen molar-refractivity contribution in [2.45, 2.75) is 19.8 Å². The van der Waals surface area contributed by atoms with Gasteiger partial charge in [0.25, 0.3) is 0 Å². The van der Waals surface area contributed by atoms with Crippen LogP contribution in [-0.4, -0.2) is 6.21 Å². The van der Waals surface area contributed by atoms with Gasteiger partial charge < -0.3 is 11.1 Å². The Morgan fingerprint density at radius 2 is 2.08 bits per heavy atom. The molecule has 0 heterocycles. The van der Waals surface area contributed by atoms with E-state index in [0.29, 0.717) is 11.1 Å². The molecule has 0 amide bonds. The van der Waals surface area contributed by atoms with Crippen LogP contribution in [0.15, 0.2) is 12.1 Å². The smallest absolute Gasteiger partial charge is 0.150 e. The number of benzene rings is 1. The molecule has 3 heteroatoms. The summed E-state index contributed by atoms with van der Waals surface area (Å²) in [5.41, 5.74) is 6.61. The van der Waals surface area contributed by atoms with Gasteiger partial charge in [0.1, 0.15) is 5.82 Å². The summed E-state index contributed by atoms with van der Waals surface area (Å²) in [6.45, 7) is 3.81. The number of rotatable bonds is 2. The maximum atomic E-state index is 13.5. The maximum Gasteiger partial charge on any atom is 0.150 e. The van der Waals surface area contributed by atoms with Crippen molar-refractivity contribution in [2.75, 3.05) is 5.73 Å².